The first kappa shape index (κ1) is 17.0. The molecule has 3 aliphatic rings. The Labute approximate surface area is 134 Å². The summed E-state index contributed by atoms with van der Waals surface area (Å²) in [5.74, 6) is 1.76. The Kier molecular flexibility index (Phi) is 5.51. The number of hydrogen-bond donors (Lipinski definition) is 1. The first-order valence-corrected chi connectivity index (χ1v) is 12.2. The SMILES string of the molecule is C=CC=C.CC(C)(C)[NH][Ti]1([CH]2CCC3C=CC=CC32)[CH2][CH2]1. The van der Waals surface area contributed by atoms with Gasteiger partial charge in [0.2, 0.25) is 0 Å². The quantitative estimate of drug-likeness (QED) is 0.527. The van der Waals surface area contributed by atoms with Crippen molar-refractivity contribution in [1.82, 2.24) is 3.80 Å². The van der Waals surface area contributed by atoms with Crippen LogP contribution in [-0.2, 0) is 16.8 Å². The number of rotatable bonds is 3. The van der Waals surface area contributed by atoms with Crippen molar-refractivity contribution in [2.45, 2.75) is 52.8 Å². The van der Waals surface area contributed by atoms with E-state index in [0.29, 0.717) is 5.54 Å². The zero-order valence-electron chi connectivity index (χ0n) is 13.9. The van der Waals surface area contributed by atoms with Crippen molar-refractivity contribution in [2.75, 3.05) is 0 Å². The van der Waals surface area contributed by atoms with Gasteiger partial charge in [-0.05, 0) is 0 Å². The molecule has 0 amide bonds. The molecule has 0 radical (unpaired) electrons. The molecule has 0 aromatic rings. The van der Waals surface area contributed by atoms with Crippen LogP contribution in [0.3, 0.4) is 0 Å². The van der Waals surface area contributed by atoms with Gasteiger partial charge in [-0.15, -0.1) is 0 Å². The maximum atomic E-state index is 4.11. The minimum absolute atomic E-state index is 0.336. The van der Waals surface area contributed by atoms with Crippen molar-refractivity contribution in [3.63, 3.8) is 0 Å². The fourth-order valence-electron chi connectivity index (χ4n) is 4.07. The van der Waals surface area contributed by atoms with Crippen LogP contribution >= 0.6 is 0 Å². The summed E-state index contributed by atoms with van der Waals surface area (Å²) in [5, 5.41) is 0. The Hall–Kier alpha value is -0.366. The van der Waals surface area contributed by atoms with Crippen LogP contribution in [0.5, 0.6) is 0 Å². The number of allylic oxidation sites excluding steroid dienone is 6. The Morgan fingerprint density at radius 3 is 2.19 bits per heavy atom. The van der Waals surface area contributed by atoms with Gasteiger partial charge < -0.3 is 0 Å². The van der Waals surface area contributed by atoms with Crippen molar-refractivity contribution in [1.29, 1.82) is 0 Å². The summed E-state index contributed by atoms with van der Waals surface area (Å²) >= 11 is -1.65. The molecule has 1 N–H and O–H groups in total. The van der Waals surface area contributed by atoms with Gasteiger partial charge in [0.1, 0.15) is 0 Å². The van der Waals surface area contributed by atoms with Crippen molar-refractivity contribution in [3.8, 4) is 0 Å². The maximum absolute atomic E-state index is 4.11. The van der Waals surface area contributed by atoms with E-state index in [9.17, 15) is 0 Å². The molecular weight excluding hydrogens is 290 g/mol. The van der Waals surface area contributed by atoms with Gasteiger partial charge in [-0.1, -0.05) is 25.3 Å². The van der Waals surface area contributed by atoms with E-state index in [2.05, 4.69) is 62.0 Å². The molecular formula is C19H31NTi. The second-order valence-corrected chi connectivity index (χ2v) is 14.4. The van der Waals surface area contributed by atoms with Gasteiger partial charge in [0, 0.05) is 0 Å². The van der Waals surface area contributed by atoms with Gasteiger partial charge in [-0.25, -0.2) is 0 Å². The van der Waals surface area contributed by atoms with E-state index in [4.69, 9.17) is 0 Å². The first-order valence-electron chi connectivity index (χ1n) is 8.30. The number of nitrogens with one attached hydrogen (secondary N) is 1. The fourth-order valence-corrected chi connectivity index (χ4v) is 13.2. The Bertz CT molecular complexity index is 431. The molecule has 1 heterocycles. The standard InChI is InChI=1S/C9H11.C4H10N.C4H6.C2H4.Ti/c1-2-5-9-7-3-6-8(9)4-1;1-4(2,3)5;1-3-4-2;1-2;/h1-2,4-6,8-9H,3,7H2;5H,1-3H3;3-4H,1-2H2;1-2H2;/q;-1;;;+1. The molecule has 116 valence electrons. The van der Waals surface area contributed by atoms with Crippen LogP contribution in [0.25, 0.3) is 0 Å². The topological polar surface area (TPSA) is 12.0 Å². The number of hydrogen-bond acceptors (Lipinski definition) is 1. The van der Waals surface area contributed by atoms with Gasteiger partial charge in [-0.3, -0.25) is 0 Å². The molecule has 3 rings (SSSR count). The van der Waals surface area contributed by atoms with Crippen molar-refractivity contribution < 1.29 is 16.8 Å². The summed E-state index contributed by atoms with van der Waals surface area (Å²) in [4.78, 5) is 0. The second-order valence-electron chi connectivity index (χ2n) is 7.70. The van der Waals surface area contributed by atoms with Crippen LogP contribution in [-0.4, -0.2) is 5.54 Å². The van der Waals surface area contributed by atoms with E-state index in [0.717, 1.165) is 16.1 Å². The summed E-state index contributed by atoms with van der Waals surface area (Å²) in [7, 11) is 0. The third kappa shape index (κ3) is 4.31. The number of fused-ring (bicyclic) bond motifs is 1. The van der Waals surface area contributed by atoms with E-state index in [1.807, 2.05) is 0 Å². The Balaban J connectivity index is 0.000000361. The average molecular weight is 321 g/mol. The zero-order valence-corrected chi connectivity index (χ0v) is 15.5. The third-order valence-corrected chi connectivity index (χ3v) is 12.5. The summed E-state index contributed by atoms with van der Waals surface area (Å²) in [6.07, 6.45) is 15.7. The van der Waals surface area contributed by atoms with E-state index in [1.165, 1.54) is 12.8 Å². The molecule has 0 aromatic carbocycles. The van der Waals surface area contributed by atoms with E-state index >= 15 is 0 Å². The minimum atomic E-state index is -1.65. The molecule has 1 aliphatic heterocycles. The Morgan fingerprint density at radius 2 is 1.67 bits per heavy atom. The van der Waals surface area contributed by atoms with Crippen LogP contribution in [0.2, 0.25) is 13.7 Å². The van der Waals surface area contributed by atoms with E-state index < -0.39 is 16.8 Å². The second kappa shape index (κ2) is 6.81. The first-order chi connectivity index (χ1) is 9.92. The van der Waals surface area contributed by atoms with E-state index in [-0.39, 0.29) is 0 Å². The predicted octanol–water partition coefficient (Wildman–Crippen LogP) is 5.59. The van der Waals surface area contributed by atoms with Crippen molar-refractivity contribution in [3.05, 3.63) is 49.6 Å². The molecule has 1 saturated carbocycles. The third-order valence-electron chi connectivity index (χ3n) is 4.86. The zero-order chi connectivity index (χ0) is 15.5. The molecule has 21 heavy (non-hydrogen) atoms. The summed E-state index contributed by atoms with van der Waals surface area (Å²) in [5.41, 5.74) is 0.336. The molecule has 2 heteroatoms. The van der Waals surface area contributed by atoms with Gasteiger partial charge in [0.25, 0.3) is 0 Å². The van der Waals surface area contributed by atoms with Crippen molar-refractivity contribution >= 4 is 0 Å². The molecule has 3 atom stereocenters. The molecule has 2 fully saturated rings. The van der Waals surface area contributed by atoms with Crippen LogP contribution in [0, 0.1) is 11.8 Å². The molecule has 0 bridgehead atoms. The van der Waals surface area contributed by atoms with Gasteiger partial charge in [0.05, 0.1) is 0 Å². The average Bonchev–Trinajstić information content (AvgIpc) is 3.05. The van der Waals surface area contributed by atoms with Crippen LogP contribution < -0.4 is 3.80 Å². The molecule has 0 aromatic heterocycles. The molecule has 3 unspecified atom stereocenters. The van der Waals surface area contributed by atoms with Gasteiger partial charge in [0.15, 0.2) is 0 Å². The predicted molar refractivity (Wildman–Crippen MR) is 91.1 cm³/mol. The van der Waals surface area contributed by atoms with Gasteiger partial charge >= 0.3 is 110 Å². The molecule has 2 aliphatic carbocycles. The van der Waals surface area contributed by atoms with Crippen molar-refractivity contribution in [2.24, 2.45) is 11.8 Å². The van der Waals surface area contributed by atoms with Gasteiger partial charge in [-0.2, -0.15) is 0 Å². The Morgan fingerprint density at radius 1 is 1.05 bits per heavy atom. The van der Waals surface area contributed by atoms with E-state index in [1.54, 1.807) is 21.6 Å². The van der Waals surface area contributed by atoms with Crippen LogP contribution in [0.15, 0.2) is 49.6 Å². The van der Waals surface area contributed by atoms with Crippen LogP contribution in [0.1, 0.15) is 33.6 Å². The summed E-state index contributed by atoms with van der Waals surface area (Å²) < 4.78 is 8.31. The fraction of sp³-hybridized carbons (Fsp3) is 0.579. The molecule has 0 spiro atoms. The van der Waals surface area contributed by atoms with Crippen LogP contribution in [0.4, 0.5) is 0 Å². The summed E-state index contributed by atoms with van der Waals surface area (Å²) in [6, 6.07) is 0. The normalized spacial score (nSPS) is 31.9. The monoisotopic (exact) mass is 321 g/mol. The molecule has 1 saturated heterocycles. The summed E-state index contributed by atoms with van der Waals surface area (Å²) in [6.45, 7) is 13.8. The molecule has 1 nitrogen and oxygen atoms in total.